The summed E-state index contributed by atoms with van der Waals surface area (Å²) in [6.07, 6.45) is 0. The minimum Gasteiger partial charge on any atom is -0.0622 e. The highest BCUT2D eigenvalue weighted by atomic mass is 14.4. The second-order valence-corrected chi connectivity index (χ2v) is 16.4. The first-order valence-electron chi connectivity index (χ1n) is 18.9. The van der Waals surface area contributed by atoms with Crippen LogP contribution in [0.25, 0.3) is 87.6 Å². The van der Waals surface area contributed by atoms with Gasteiger partial charge in [0.25, 0.3) is 0 Å². The molecule has 0 atom stereocenters. The summed E-state index contributed by atoms with van der Waals surface area (Å²) >= 11 is 0. The van der Waals surface area contributed by atoms with Crippen LogP contribution in [0.1, 0.15) is 51.3 Å². The molecular formula is C53H42. The van der Waals surface area contributed by atoms with Crippen LogP contribution in [-0.4, -0.2) is 0 Å². The van der Waals surface area contributed by atoms with Crippen molar-refractivity contribution < 1.29 is 0 Å². The first kappa shape index (κ1) is 31.7. The zero-order valence-electron chi connectivity index (χ0n) is 31.1. The van der Waals surface area contributed by atoms with Gasteiger partial charge in [-0.1, -0.05) is 186 Å². The third-order valence-corrected chi connectivity index (χ3v) is 11.9. The minimum atomic E-state index is -0.0854. The second-order valence-electron chi connectivity index (χ2n) is 16.4. The van der Waals surface area contributed by atoms with Crippen molar-refractivity contribution in [3.05, 3.63) is 180 Å². The van der Waals surface area contributed by atoms with Crippen LogP contribution in [0.2, 0.25) is 0 Å². The van der Waals surface area contributed by atoms with Gasteiger partial charge in [0.1, 0.15) is 0 Å². The molecule has 0 N–H and O–H groups in total. The highest BCUT2D eigenvalue weighted by molar-refractivity contribution is 6.28. The van der Waals surface area contributed by atoms with Gasteiger partial charge in [-0.2, -0.15) is 0 Å². The second kappa shape index (κ2) is 11.5. The summed E-state index contributed by atoms with van der Waals surface area (Å²) < 4.78 is 0. The van der Waals surface area contributed by atoms with Crippen LogP contribution in [0.3, 0.4) is 0 Å². The molecule has 1 aliphatic rings. The van der Waals surface area contributed by atoms with E-state index in [-0.39, 0.29) is 10.8 Å². The quantitative estimate of drug-likeness (QED) is 0.163. The molecule has 10 rings (SSSR count). The van der Waals surface area contributed by atoms with Gasteiger partial charge in [-0.25, -0.2) is 0 Å². The van der Waals surface area contributed by atoms with Crippen LogP contribution in [-0.2, 0) is 10.8 Å². The van der Waals surface area contributed by atoms with Crippen molar-refractivity contribution in [2.75, 3.05) is 0 Å². The maximum atomic E-state index is 2.49. The van der Waals surface area contributed by atoms with Gasteiger partial charge >= 0.3 is 0 Å². The Morgan fingerprint density at radius 1 is 0.340 bits per heavy atom. The zero-order valence-corrected chi connectivity index (χ0v) is 31.1. The Morgan fingerprint density at radius 2 is 0.792 bits per heavy atom. The molecule has 0 bridgehead atoms. The van der Waals surface area contributed by atoms with Crippen molar-refractivity contribution in [1.82, 2.24) is 0 Å². The smallest absolute Gasteiger partial charge is 0.0159 e. The normalized spacial score (nSPS) is 13.5. The summed E-state index contributed by atoms with van der Waals surface area (Å²) in [6.45, 7) is 11.9. The average Bonchev–Trinajstić information content (AvgIpc) is 3.41. The standard InChI is InChI=1S/C53H42/c1-52(2,3)51-44-25-14-13-24-42(44)50(49-40-22-11-9-20-38(40)48(33-17-7-6-8-18-33)39-21-10-12-23-41(39)49)43-30-28-34(31-45(43)51)35-27-29-37-36-19-15-16-26-46(36)53(4,5)47(37)32-35/h6-32H,1-5H3. The summed E-state index contributed by atoms with van der Waals surface area (Å²) in [7, 11) is 0. The zero-order chi connectivity index (χ0) is 36.1. The van der Waals surface area contributed by atoms with Gasteiger partial charge in [-0.15, -0.1) is 0 Å². The molecule has 0 heteroatoms. The summed E-state index contributed by atoms with van der Waals surface area (Å²) in [4.78, 5) is 0. The van der Waals surface area contributed by atoms with Gasteiger partial charge < -0.3 is 0 Å². The van der Waals surface area contributed by atoms with Crippen molar-refractivity contribution in [2.45, 2.75) is 45.4 Å². The van der Waals surface area contributed by atoms with E-state index in [2.05, 4.69) is 198 Å². The Morgan fingerprint density at radius 3 is 1.42 bits per heavy atom. The molecule has 0 radical (unpaired) electrons. The van der Waals surface area contributed by atoms with Gasteiger partial charge in [0.05, 0.1) is 0 Å². The summed E-state index contributed by atoms with van der Waals surface area (Å²) in [5.41, 5.74) is 14.5. The third kappa shape index (κ3) is 4.68. The van der Waals surface area contributed by atoms with Crippen LogP contribution < -0.4 is 0 Å². The van der Waals surface area contributed by atoms with E-state index in [0.29, 0.717) is 0 Å². The Labute approximate surface area is 312 Å². The van der Waals surface area contributed by atoms with Crippen molar-refractivity contribution in [1.29, 1.82) is 0 Å². The molecule has 0 unspecified atom stereocenters. The first-order valence-corrected chi connectivity index (χ1v) is 18.9. The van der Waals surface area contributed by atoms with E-state index in [4.69, 9.17) is 0 Å². The van der Waals surface area contributed by atoms with Crippen LogP contribution in [0.4, 0.5) is 0 Å². The molecule has 0 spiro atoms. The third-order valence-electron chi connectivity index (χ3n) is 11.9. The Kier molecular flexibility index (Phi) is 6.89. The molecule has 9 aromatic rings. The van der Waals surface area contributed by atoms with Gasteiger partial charge in [0.2, 0.25) is 0 Å². The molecule has 0 heterocycles. The van der Waals surface area contributed by atoms with E-state index < -0.39 is 0 Å². The van der Waals surface area contributed by atoms with Gasteiger partial charge in [0, 0.05) is 5.41 Å². The lowest BCUT2D eigenvalue weighted by Gasteiger charge is -2.28. The van der Waals surface area contributed by atoms with Crippen LogP contribution in [0, 0.1) is 0 Å². The average molecular weight is 679 g/mol. The monoisotopic (exact) mass is 678 g/mol. The van der Waals surface area contributed by atoms with Gasteiger partial charge in [-0.3, -0.25) is 0 Å². The lowest BCUT2D eigenvalue weighted by molar-refractivity contribution is 0.601. The molecule has 0 aromatic heterocycles. The number of rotatable bonds is 3. The lowest BCUT2D eigenvalue weighted by Crippen LogP contribution is -2.15. The number of hydrogen-bond acceptors (Lipinski definition) is 0. The fraction of sp³-hybridized carbons (Fsp3) is 0.132. The molecule has 254 valence electrons. The van der Waals surface area contributed by atoms with Crippen molar-refractivity contribution >= 4 is 43.1 Å². The molecular weight excluding hydrogens is 637 g/mol. The molecule has 0 saturated carbocycles. The Bertz CT molecular complexity index is 2880. The summed E-state index contributed by atoms with van der Waals surface area (Å²) in [5, 5.41) is 10.4. The van der Waals surface area contributed by atoms with Crippen molar-refractivity contribution in [2.24, 2.45) is 0 Å². The van der Waals surface area contributed by atoms with E-state index in [1.54, 1.807) is 0 Å². The van der Waals surface area contributed by atoms with E-state index in [1.165, 1.54) is 104 Å². The summed E-state index contributed by atoms with van der Waals surface area (Å²) in [6, 6.07) is 61.4. The molecule has 0 aliphatic heterocycles. The Hall–Kier alpha value is -5.98. The molecule has 0 saturated heterocycles. The molecule has 0 amide bonds. The molecule has 0 nitrogen and oxygen atoms in total. The SMILES string of the molecule is CC(C)(C)c1c2ccccc2c(-c2c3ccccc3c(-c3ccccc3)c3ccccc23)c2ccc(-c3ccc4c(c3)C(C)(C)c3ccccc3-4)cc12. The highest BCUT2D eigenvalue weighted by Crippen LogP contribution is 2.52. The predicted molar refractivity (Wildman–Crippen MR) is 229 cm³/mol. The van der Waals surface area contributed by atoms with E-state index in [9.17, 15) is 0 Å². The molecule has 53 heavy (non-hydrogen) atoms. The van der Waals surface area contributed by atoms with Crippen LogP contribution in [0.5, 0.6) is 0 Å². The number of hydrogen-bond donors (Lipinski definition) is 0. The summed E-state index contributed by atoms with van der Waals surface area (Å²) in [5.74, 6) is 0. The van der Waals surface area contributed by atoms with Gasteiger partial charge in [-0.05, 0) is 122 Å². The van der Waals surface area contributed by atoms with Crippen molar-refractivity contribution in [3.8, 4) is 44.5 Å². The highest BCUT2D eigenvalue weighted by Gasteiger charge is 2.35. The fourth-order valence-corrected chi connectivity index (χ4v) is 9.63. The van der Waals surface area contributed by atoms with Gasteiger partial charge in [0.15, 0.2) is 0 Å². The minimum absolute atomic E-state index is 0.0489. The fourth-order valence-electron chi connectivity index (χ4n) is 9.63. The van der Waals surface area contributed by atoms with Crippen molar-refractivity contribution in [3.63, 3.8) is 0 Å². The van der Waals surface area contributed by atoms with E-state index >= 15 is 0 Å². The number of fused-ring (bicyclic) bond motifs is 7. The maximum Gasteiger partial charge on any atom is 0.0159 e. The van der Waals surface area contributed by atoms with E-state index in [0.717, 1.165) is 0 Å². The maximum absolute atomic E-state index is 2.49. The molecule has 0 fully saturated rings. The predicted octanol–water partition coefficient (Wildman–Crippen LogP) is 14.9. The Balaban J connectivity index is 1.31. The van der Waals surface area contributed by atoms with E-state index in [1.807, 2.05) is 0 Å². The topological polar surface area (TPSA) is 0 Å². The largest absolute Gasteiger partial charge is 0.0622 e. The molecule has 1 aliphatic carbocycles. The lowest BCUT2D eigenvalue weighted by atomic mass is 9.76. The van der Waals surface area contributed by atoms with Crippen LogP contribution in [0.15, 0.2) is 164 Å². The molecule has 9 aromatic carbocycles. The first-order chi connectivity index (χ1) is 25.7. The number of benzene rings is 9. The van der Waals surface area contributed by atoms with Crippen LogP contribution >= 0.6 is 0 Å².